The molecule has 0 spiro atoms. The monoisotopic (exact) mass is 2230 g/mol. The van der Waals surface area contributed by atoms with E-state index in [1.807, 2.05) is 83.1 Å². The maximum Gasteiger partial charge on any atom is 0.360 e. The highest BCUT2D eigenvalue weighted by Crippen LogP contribution is 2.46. The molecule has 37 nitrogen and oxygen atoms in total. The molecule has 47 heteroatoms. The lowest BCUT2D eigenvalue weighted by Gasteiger charge is -2.25. The summed E-state index contributed by atoms with van der Waals surface area (Å²) in [4.78, 5) is 212. The van der Waals surface area contributed by atoms with Gasteiger partial charge >= 0.3 is 5.97 Å². The van der Waals surface area contributed by atoms with Crippen molar-refractivity contribution < 1.29 is 106 Å². The van der Waals surface area contributed by atoms with Crippen LogP contribution in [0, 0.1) is 41.4 Å². The van der Waals surface area contributed by atoms with E-state index in [2.05, 4.69) is 50.5 Å². The Kier molecular flexibility index (Phi) is 38.1. The zero-order chi connectivity index (χ0) is 109. The number of carboxylic acids is 1. The fourth-order valence-corrected chi connectivity index (χ4v) is 18.2. The Labute approximate surface area is 903 Å². The summed E-state index contributed by atoms with van der Waals surface area (Å²) in [6.07, 6.45) is 10.1. The van der Waals surface area contributed by atoms with Crippen molar-refractivity contribution in [3.8, 4) is 28.7 Å². The van der Waals surface area contributed by atoms with Crippen molar-refractivity contribution in [2.24, 2.45) is 91.9 Å². The highest BCUT2D eigenvalue weighted by atomic mass is 35.5. The first kappa shape index (κ1) is 115. The van der Waals surface area contributed by atoms with Crippen molar-refractivity contribution in [1.82, 2.24) is 0 Å². The second-order valence-electron chi connectivity index (χ2n) is 36.0. The maximum atomic E-state index is 12.4. The Morgan fingerprint density at radius 1 is 0.322 bits per heavy atom. The van der Waals surface area contributed by atoms with Crippen LogP contribution in [-0.2, 0) is 76.7 Å². The van der Waals surface area contributed by atoms with E-state index in [1.165, 1.54) is 78.7 Å². The number of carboxylic acid groups (broad SMARTS) is 1. The van der Waals surface area contributed by atoms with Crippen molar-refractivity contribution in [3.05, 3.63) is 169 Å². The van der Waals surface area contributed by atoms with Crippen molar-refractivity contribution in [2.45, 2.75) is 161 Å². The third kappa shape index (κ3) is 27.8. The SMILES string of the molecule is CC(C)C1=CC(Oc2c(Cl)cc(N3N=C(C(=O)O)C(=O)CC3=O)cc2Cl)=NCC1=O.CC(C)C1=CC(Oc2c(Cl)cc(N3N=C(C(C)C)C(=O)CC3=O)cc2Cl)=NCC1=O.CC(C)C1=CC(Oc2c(Cl)cc(N3N=C(C4CC4)C(=O)CC3=O)cc2Cl)=NCC1=O.CCC(CC)C1=CC(Oc2c(Cl)cc(N3N=C(C)C(=O)CC3=O)cc2Cl)=NCC1=O.CCC1=NN(c2cc(Cl)c(OC3=NCC(=O)C(C(C)C)=C3)c(Cl)c2)C(=O)CC1=O. The fourth-order valence-electron chi connectivity index (χ4n) is 15.4. The predicted octanol–water partition coefficient (Wildman–Crippen LogP) is 19.3. The van der Waals surface area contributed by atoms with Crippen LogP contribution >= 0.6 is 116 Å². The van der Waals surface area contributed by atoms with E-state index in [1.54, 1.807) is 31.2 Å². The van der Waals surface area contributed by atoms with Crippen molar-refractivity contribution in [3.63, 3.8) is 0 Å². The van der Waals surface area contributed by atoms with Gasteiger partial charge in [-0.3, -0.25) is 71.9 Å². The van der Waals surface area contributed by atoms with Crippen LogP contribution in [0.25, 0.3) is 0 Å². The van der Waals surface area contributed by atoms with Gasteiger partial charge in [0.05, 0.1) is 111 Å². The number of ketones is 10. The number of aliphatic imine (C=N–C) groups is 5. The van der Waals surface area contributed by atoms with E-state index in [-0.39, 0.29) is 272 Å². The summed E-state index contributed by atoms with van der Waals surface area (Å²) in [5.41, 5.74) is 4.99. The van der Waals surface area contributed by atoms with Crippen LogP contribution in [0.5, 0.6) is 28.7 Å². The molecular formula is C102H95Cl10N15O22. The molecule has 1 aliphatic carbocycles. The zero-order valence-corrected chi connectivity index (χ0v) is 89.9. The molecule has 1 N–H and O–H groups in total. The molecule has 0 radical (unpaired) electrons. The lowest BCUT2D eigenvalue weighted by atomic mass is 9.89. The molecule has 10 heterocycles. The van der Waals surface area contributed by atoms with Crippen LogP contribution in [-0.4, -0.2) is 189 Å². The zero-order valence-electron chi connectivity index (χ0n) is 82.3. The topological polar surface area (TPSA) is 479 Å². The summed E-state index contributed by atoms with van der Waals surface area (Å²) in [7, 11) is 0. The summed E-state index contributed by atoms with van der Waals surface area (Å²) in [5.74, 6) is -4.43. The first-order chi connectivity index (χ1) is 70.3. The Balaban J connectivity index is 0.000000165. The number of hydrazone groups is 5. The Bertz CT molecular complexity index is 6790. The Morgan fingerprint density at radius 2 is 0.577 bits per heavy atom. The highest BCUT2D eigenvalue weighted by molar-refractivity contribution is 6.66. The van der Waals surface area contributed by atoms with E-state index >= 15 is 0 Å². The molecule has 5 aromatic carbocycles. The van der Waals surface area contributed by atoms with Gasteiger partial charge in [-0.2, -0.15) is 50.6 Å². The number of hydrogen-bond donors (Lipinski definition) is 1. The number of anilines is 5. The number of aliphatic carboxylic acids is 1. The lowest BCUT2D eigenvalue weighted by molar-refractivity contribution is -0.132. The molecule has 10 aliphatic heterocycles. The smallest absolute Gasteiger partial charge is 0.360 e. The molecule has 5 aromatic rings. The van der Waals surface area contributed by atoms with Crippen LogP contribution in [0.2, 0.25) is 50.2 Å². The maximum absolute atomic E-state index is 12.4. The number of dihydropyridines is 5. The minimum absolute atomic E-state index is 0.00162. The third-order valence-corrected chi connectivity index (χ3v) is 26.2. The van der Waals surface area contributed by atoms with Gasteiger partial charge < -0.3 is 28.8 Å². The Hall–Kier alpha value is -13.1. The number of carbonyl (C=O) groups excluding carboxylic acids is 15. The molecule has 11 aliphatic rings. The van der Waals surface area contributed by atoms with E-state index in [0.717, 1.165) is 45.7 Å². The van der Waals surface area contributed by atoms with Crippen LogP contribution in [0.4, 0.5) is 28.4 Å². The van der Waals surface area contributed by atoms with E-state index in [0.29, 0.717) is 74.2 Å². The molecule has 149 heavy (non-hydrogen) atoms. The van der Waals surface area contributed by atoms with Gasteiger partial charge in [-0.25, -0.2) is 29.8 Å². The van der Waals surface area contributed by atoms with Crippen molar-refractivity contribution >= 4 is 296 Å². The van der Waals surface area contributed by atoms with E-state index < -0.39 is 53.4 Å². The van der Waals surface area contributed by atoms with Gasteiger partial charge in [-0.05, 0) is 129 Å². The molecule has 0 unspecified atom stereocenters. The van der Waals surface area contributed by atoms with Crippen LogP contribution in [0.1, 0.15) is 161 Å². The largest absolute Gasteiger partial charge is 0.476 e. The van der Waals surface area contributed by atoms with E-state index in [9.17, 15) is 76.7 Å². The van der Waals surface area contributed by atoms with Crippen molar-refractivity contribution in [2.75, 3.05) is 57.8 Å². The number of nitrogens with zero attached hydrogens (tertiary/aromatic N) is 15. The van der Waals surface area contributed by atoms with Gasteiger partial charge in [0.1, 0.15) is 55.6 Å². The van der Waals surface area contributed by atoms with Gasteiger partial charge in [-0.15, -0.1) is 0 Å². The number of hydrogen-bond acceptors (Lipinski definition) is 31. The second-order valence-corrected chi connectivity index (χ2v) is 40.1. The van der Waals surface area contributed by atoms with Gasteiger partial charge in [0.2, 0.25) is 35.2 Å². The average Bonchev–Trinajstić information content (AvgIpc) is 1.60. The van der Waals surface area contributed by atoms with Crippen LogP contribution < -0.4 is 48.7 Å². The van der Waals surface area contributed by atoms with Crippen molar-refractivity contribution in [1.29, 1.82) is 0 Å². The fraction of sp³-hybridized carbons (Fsp3) is 0.353. The highest BCUT2D eigenvalue weighted by Gasteiger charge is 2.41. The molecule has 0 bridgehead atoms. The second kappa shape index (κ2) is 49.6. The summed E-state index contributed by atoms with van der Waals surface area (Å²) >= 11 is 63.4. The number of Topliss-reactive ketones (excluding diaryl/α,β-unsaturated/α-hetero) is 10. The minimum Gasteiger partial charge on any atom is -0.476 e. The molecule has 1 fully saturated rings. The quantitative estimate of drug-likeness (QED) is 0.0667. The molecule has 0 aromatic heterocycles. The first-order valence-electron chi connectivity index (χ1n) is 46.6. The molecule has 1 saturated carbocycles. The van der Waals surface area contributed by atoms with Gasteiger partial charge in [0.25, 0.3) is 29.5 Å². The molecule has 0 saturated heterocycles. The number of rotatable bonds is 21. The molecule has 5 amide bonds. The first-order valence-corrected chi connectivity index (χ1v) is 50.4. The molecule has 780 valence electrons. The number of benzene rings is 5. The van der Waals surface area contributed by atoms with Gasteiger partial charge in [0, 0.05) is 70.1 Å². The molecular weight excluding hydrogens is 2140 g/mol. The Morgan fingerprint density at radius 3 is 0.859 bits per heavy atom. The average molecular weight is 2240 g/mol. The summed E-state index contributed by atoms with van der Waals surface area (Å²) in [6, 6.07) is 14.5. The van der Waals surface area contributed by atoms with Crippen LogP contribution in [0.3, 0.4) is 0 Å². The molecule has 0 atom stereocenters. The summed E-state index contributed by atoms with van der Waals surface area (Å²) < 4.78 is 28.7. The number of halogens is 10. The van der Waals surface area contributed by atoms with E-state index in [4.69, 9.17) is 145 Å². The standard InChI is InChI=1S/C21H19Cl2N3O4.2C21H21Cl2N3O4.C20H19Cl2N3O4.C19H15Cl2N3O6/c1-10(2)13-7-18(24-9-17(13)28)30-21-14(22)5-12(6-15(21)23)26-19(29)8-16(27)20(25-26)11-3-4-11;1-10(2)13-7-18(24-9-17(13)28)30-21-14(22)5-12(6-15(21)23)26-19(29)8-16(27)20(25-26)11(3)4;1-4-12(5-2)14-8-19(24-10-18(14)28)30-21-15(22)6-13(7-16(21)23)26-20(29)9-17(27)11(3)25-26;1-4-15-16(26)8-19(28)25(24-15)11-5-13(21)20(14(22)6-11)29-18-7-12(10(2)3)17(27)9-23-18;1-8(2)10-5-15(22-7-14(10)26)30-18-11(20)3-9(4-12(18)21)24-16(27)6-13(25)17(23-24)19(28)29/h5-7,10-11H,3-4,8-9H2,1-2H3;5-7,10-11H,8-9H2,1-4H3;6-8,12H,4-5,9-10H2,1-3H3;5-7,10H,4,8-9H2,1-3H3;3-5,8H,6-7H2,1-2H3,(H,28,29). The predicted molar refractivity (Wildman–Crippen MR) is 570 cm³/mol. The van der Waals surface area contributed by atoms with Crippen LogP contribution in [0.15, 0.2) is 169 Å². The number of carbonyl (C=O) groups is 16. The number of ether oxygens (including phenoxy) is 5. The summed E-state index contributed by atoms with van der Waals surface area (Å²) in [5, 5.41) is 35.7. The lowest BCUT2D eigenvalue weighted by Crippen LogP contribution is -2.40. The normalized spacial score (nSPS) is 17.7. The minimum atomic E-state index is -1.55. The summed E-state index contributed by atoms with van der Waals surface area (Å²) in [6.45, 7) is 26.2. The van der Waals surface area contributed by atoms with Gasteiger partial charge in [0.15, 0.2) is 86.6 Å². The number of amides is 5. The molecule has 16 rings (SSSR count). The van der Waals surface area contributed by atoms with Gasteiger partial charge in [-0.1, -0.05) is 206 Å². The third-order valence-electron chi connectivity index (χ3n) is 23.4.